The number of hydrogen-bond donors (Lipinski definition) is 1. The summed E-state index contributed by atoms with van der Waals surface area (Å²) in [7, 11) is 0. The fourth-order valence-electron chi connectivity index (χ4n) is 2.75. The monoisotopic (exact) mass is 382 g/mol. The second-order valence-corrected chi connectivity index (χ2v) is 7.92. The molecule has 1 amide bonds. The Labute approximate surface area is 147 Å². The molecule has 1 fully saturated rings. The number of amides is 1. The lowest BCUT2D eigenvalue weighted by atomic mass is 10.1. The maximum Gasteiger partial charge on any atom is 0.410 e. The Morgan fingerprint density at radius 2 is 2.13 bits per heavy atom. The molecule has 4 nitrogen and oxygen atoms in total. The summed E-state index contributed by atoms with van der Waals surface area (Å²) in [5.41, 5.74) is 0.872. The molecule has 128 valence electrons. The van der Waals surface area contributed by atoms with Crippen molar-refractivity contribution in [3.05, 3.63) is 34.3 Å². The van der Waals surface area contributed by atoms with Gasteiger partial charge < -0.3 is 15.0 Å². The third-order valence-corrected chi connectivity index (χ3v) is 4.63. The van der Waals surface area contributed by atoms with Crippen LogP contribution in [0.25, 0.3) is 0 Å². The van der Waals surface area contributed by atoms with Gasteiger partial charge in [-0.3, -0.25) is 0 Å². The summed E-state index contributed by atoms with van der Waals surface area (Å²) in [6, 6.07) is 8.64. The Bertz CT molecular complexity index is 528. The van der Waals surface area contributed by atoms with Crippen LogP contribution in [0.3, 0.4) is 0 Å². The summed E-state index contributed by atoms with van der Waals surface area (Å²) in [5, 5.41) is 3.57. The Morgan fingerprint density at radius 1 is 1.39 bits per heavy atom. The first-order valence-corrected chi connectivity index (χ1v) is 9.09. The molecule has 1 atom stereocenters. The van der Waals surface area contributed by atoms with E-state index in [4.69, 9.17) is 4.74 Å². The molecule has 2 rings (SSSR count). The number of carbonyl (C=O) groups excluding carboxylic acids is 1. The van der Waals surface area contributed by atoms with Gasteiger partial charge in [-0.1, -0.05) is 34.1 Å². The highest BCUT2D eigenvalue weighted by Crippen LogP contribution is 2.17. The maximum absolute atomic E-state index is 12.2. The molecule has 1 N–H and O–H groups in total. The van der Waals surface area contributed by atoms with Crippen LogP contribution in [0.5, 0.6) is 0 Å². The fraction of sp³-hybridized carbons (Fsp3) is 0.611. The molecular weight excluding hydrogens is 356 g/mol. The molecule has 0 aliphatic carbocycles. The van der Waals surface area contributed by atoms with Gasteiger partial charge in [-0.2, -0.15) is 0 Å². The lowest BCUT2D eigenvalue weighted by Crippen LogP contribution is -2.49. The van der Waals surface area contributed by atoms with E-state index in [2.05, 4.69) is 39.4 Å². The Kier molecular flexibility index (Phi) is 6.48. The van der Waals surface area contributed by atoms with Crippen LogP contribution < -0.4 is 5.32 Å². The molecule has 0 radical (unpaired) electrons. The third kappa shape index (κ3) is 6.15. The van der Waals surface area contributed by atoms with Crippen LogP contribution in [-0.4, -0.2) is 42.3 Å². The van der Waals surface area contributed by atoms with Crippen molar-refractivity contribution in [2.75, 3.05) is 19.6 Å². The average Bonchev–Trinajstić information content (AvgIpc) is 2.48. The van der Waals surface area contributed by atoms with Crippen molar-refractivity contribution in [1.82, 2.24) is 10.2 Å². The summed E-state index contributed by atoms with van der Waals surface area (Å²) >= 11 is 3.58. The third-order valence-electron chi connectivity index (χ3n) is 3.86. The van der Waals surface area contributed by atoms with E-state index in [0.29, 0.717) is 6.04 Å². The molecule has 0 saturated carbocycles. The van der Waals surface area contributed by atoms with E-state index in [-0.39, 0.29) is 6.09 Å². The summed E-state index contributed by atoms with van der Waals surface area (Å²) < 4.78 is 6.62. The lowest BCUT2D eigenvalue weighted by molar-refractivity contribution is 0.0188. The van der Waals surface area contributed by atoms with Crippen molar-refractivity contribution < 1.29 is 9.53 Å². The van der Waals surface area contributed by atoms with Crippen LogP contribution >= 0.6 is 15.9 Å². The molecule has 0 spiro atoms. The summed E-state index contributed by atoms with van der Waals surface area (Å²) in [5.74, 6) is 0. The molecule has 0 aromatic heterocycles. The Hall–Kier alpha value is -1.07. The minimum absolute atomic E-state index is 0.199. The number of hydrogen-bond acceptors (Lipinski definition) is 3. The molecule has 0 unspecified atom stereocenters. The molecule has 1 aliphatic rings. The SMILES string of the molecule is CC(C)(C)OC(=O)N1CCC[C@H](NCCc2ccccc2Br)C1. The highest BCUT2D eigenvalue weighted by atomic mass is 79.9. The maximum atomic E-state index is 12.2. The minimum Gasteiger partial charge on any atom is -0.444 e. The zero-order valence-electron chi connectivity index (χ0n) is 14.3. The van der Waals surface area contributed by atoms with E-state index in [0.717, 1.165) is 43.4 Å². The number of carbonyl (C=O) groups is 1. The predicted octanol–water partition coefficient (Wildman–Crippen LogP) is 3.98. The number of likely N-dealkylation sites (tertiary alicyclic amines) is 1. The van der Waals surface area contributed by atoms with Crippen LogP contribution in [-0.2, 0) is 11.2 Å². The molecule has 1 aliphatic heterocycles. The van der Waals surface area contributed by atoms with Crippen LogP contribution in [0.2, 0.25) is 0 Å². The first kappa shape index (κ1) is 18.3. The Balaban J connectivity index is 1.78. The van der Waals surface area contributed by atoms with Gasteiger partial charge in [0.05, 0.1) is 0 Å². The van der Waals surface area contributed by atoms with Crippen LogP contribution in [0.1, 0.15) is 39.2 Å². The first-order valence-electron chi connectivity index (χ1n) is 8.30. The minimum atomic E-state index is -0.433. The summed E-state index contributed by atoms with van der Waals surface area (Å²) in [6.07, 6.45) is 2.90. The van der Waals surface area contributed by atoms with Gasteiger partial charge in [-0.05, 0) is 58.2 Å². The van der Waals surface area contributed by atoms with Gasteiger partial charge >= 0.3 is 6.09 Å². The normalized spacial score (nSPS) is 18.8. The van der Waals surface area contributed by atoms with E-state index in [1.807, 2.05) is 31.7 Å². The zero-order valence-corrected chi connectivity index (χ0v) is 15.9. The number of benzene rings is 1. The van der Waals surface area contributed by atoms with E-state index in [1.165, 1.54) is 5.56 Å². The van der Waals surface area contributed by atoms with Crippen molar-refractivity contribution >= 4 is 22.0 Å². The van der Waals surface area contributed by atoms with E-state index in [9.17, 15) is 4.79 Å². The molecular formula is C18H27BrN2O2. The topological polar surface area (TPSA) is 41.6 Å². The van der Waals surface area contributed by atoms with Gasteiger partial charge in [0.2, 0.25) is 0 Å². The number of nitrogens with zero attached hydrogens (tertiary/aromatic N) is 1. The number of piperidine rings is 1. The molecule has 1 heterocycles. The quantitative estimate of drug-likeness (QED) is 0.855. The highest BCUT2D eigenvalue weighted by Gasteiger charge is 2.27. The van der Waals surface area contributed by atoms with Crippen LogP contribution in [0, 0.1) is 0 Å². The lowest BCUT2D eigenvalue weighted by Gasteiger charge is -2.34. The van der Waals surface area contributed by atoms with Crippen molar-refractivity contribution in [2.45, 2.75) is 51.7 Å². The number of rotatable bonds is 4. The number of halogens is 1. The second-order valence-electron chi connectivity index (χ2n) is 7.06. The number of ether oxygens (including phenoxy) is 1. The van der Waals surface area contributed by atoms with E-state index >= 15 is 0 Å². The van der Waals surface area contributed by atoms with Crippen molar-refractivity contribution in [3.63, 3.8) is 0 Å². The van der Waals surface area contributed by atoms with Gasteiger partial charge in [-0.15, -0.1) is 0 Å². The number of nitrogens with one attached hydrogen (secondary N) is 1. The zero-order chi connectivity index (χ0) is 16.9. The highest BCUT2D eigenvalue weighted by molar-refractivity contribution is 9.10. The average molecular weight is 383 g/mol. The molecule has 1 aromatic carbocycles. The van der Waals surface area contributed by atoms with Gasteiger partial charge in [0.1, 0.15) is 5.60 Å². The molecule has 5 heteroatoms. The fourth-order valence-corrected chi connectivity index (χ4v) is 3.23. The van der Waals surface area contributed by atoms with Crippen molar-refractivity contribution in [3.8, 4) is 0 Å². The molecule has 23 heavy (non-hydrogen) atoms. The molecule has 1 saturated heterocycles. The van der Waals surface area contributed by atoms with Crippen molar-refractivity contribution in [2.24, 2.45) is 0 Å². The molecule has 1 aromatic rings. The first-order chi connectivity index (χ1) is 10.8. The van der Waals surface area contributed by atoms with E-state index in [1.54, 1.807) is 0 Å². The second kappa shape index (κ2) is 8.15. The molecule has 0 bridgehead atoms. The smallest absolute Gasteiger partial charge is 0.410 e. The largest absolute Gasteiger partial charge is 0.444 e. The van der Waals surface area contributed by atoms with Gasteiger partial charge in [0.15, 0.2) is 0 Å². The predicted molar refractivity (Wildman–Crippen MR) is 96.7 cm³/mol. The van der Waals surface area contributed by atoms with Crippen molar-refractivity contribution in [1.29, 1.82) is 0 Å². The Morgan fingerprint density at radius 3 is 2.83 bits per heavy atom. The van der Waals surface area contributed by atoms with Gasteiger partial charge in [-0.25, -0.2) is 4.79 Å². The van der Waals surface area contributed by atoms with Crippen LogP contribution in [0.15, 0.2) is 28.7 Å². The standard InChI is InChI=1S/C18H27BrN2O2/c1-18(2,3)23-17(22)21-12-6-8-15(13-21)20-11-10-14-7-4-5-9-16(14)19/h4-5,7,9,15,20H,6,8,10-13H2,1-3H3/t15-/m0/s1. The summed E-state index contributed by atoms with van der Waals surface area (Å²) in [4.78, 5) is 14.0. The summed E-state index contributed by atoms with van der Waals surface area (Å²) in [6.45, 7) is 8.14. The van der Waals surface area contributed by atoms with Gasteiger partial charge in [0.25, 0.3) is 0 Å². The van der Waals surface area contributed by atoms with Gasteiger partial charge in [0, 0.05) is 23.6 Å². The van der Waals surface area contributed by atoms with Crippen LogP contribution in [0.4, 0.5) is 4.79 Å². The van der Waals surface area contributed by atoms with E-state index < -0.39 is 5.60 Å².